The van der Waals surface area contributed by atoms with E-state index < -0.39 is 0 Å². The fourth-order valence-electron chi connectivity index (χ4n) is 4.20. The third kappa shape index (κ3) is 6.47. The van der Waals surface area contributed by atoms with Crippen LogP contribution in [0.25, 0.3) is 0 Å². The van der Waals surface area contributed by atoms with Crippen LogP contribution in [-0.4, -0.2) is 65.4 Å². The second kappa shape index (κ2) is 11.4. The van der Waals surface area contributed by atoms with Gasteiger partial charge in [-0.3, -0.25) is 4.99 Å². The van der Waals surface area contributed by atoms with E-state index in [0.29, 0.717) is 0 Å². The summed E-state index contributed by atoms with van der Waals surface area (Å²) in [6.07, 6.45) is 10.8. The average Bonchev–Trinajstić information content (AvgIpc) is 2.94. The first-order valence-corrected chi connectivity index (χ1v) is 11.3. The molecule has 0 aromatic carbocycles. The van der Waals surface area contributed by atoms with Crippen molar-refractivity contribution in [2.75, 3.05) is 39.8 Å². The van der Waals surface area contributed by atoms with Crippen LogP contribution in [0.1, 0.15) is 63.5 Å². The number of aromatic nitrogens is 3. The highest BCUT2D eigenvalue weighted by atomic mass is 15.3. The Balaban J connectivity index is 1.28. The summed E-state index contributed by atoms with van der Waals surface area (Å²) in [4.78, 5) is 6.94. The molecule has 0 atom stereocenters. The van der Waals surface area contributed by atoms with E-state index in [2.05, 4.69) is 42.2 Å². The Bertz CT molecular complexity index is 602. The molecule has 0 radical (unpaired) electrons. The van der Waals surface area contributed by atoms with Crippen LogP contribution in [0.3, 0.4) is 0 Å². The van der Waals surface area contributed by atoms with Crippen LogP contribution in [0.4, 0.5) is 0 Å². The molecule has 2 aliphatic heterocycles. The number of hydrogen-bond donors (Lipinski definition) is 2. The van der Waals surface area contributed by atoms with Crippen molar-refractivity contribution in [1.82, 2.24) is 30.3 Å². The monoisotopic (exact) mass is 389 g/mol. The van der Waals surface area contributed by atoms with Gasteiger partial charge in [-0.15, -0.1) is 10.2 Å². The molecule has 1 aromatic rings. The molecule has 158 valence electrons. The Morgan fingerprint density at radius 1 is 1.04 bits per heavy atom. The molecule has 7 heteroatoms. The number of hydrogen-bond acceptors (Lipinski definition) is 4. The zero-order valence-electron chi connectivity index (χ0n) is 17.9. The largest absolute Gasteiger partial charge is 0.356 e. The number of aryl methyl sites for hydroxylation is 2. The minimum absolute atomic E-state index is 0.908. The highest BCUT2D eigenvalue weighted by Crippen LogP contribution is 2.16. The maximum absolute atomic E-state index is 4.42. The van der Waals surface area contributed by atoms with E-state index >= 15 is 0 Å². The van der Waals surface area contributed by atoms with Crippen LogP contribution in [0, 0.1) is 5.92 Å². The molecule has 0 aliphatic carbocycles. The van der Waals surface area contributed by atoms with E-state index in [-0.39, 0.29) is 0 Å². The second-order valence-corrected chi connectivity index (χ2v) is 8.40. The van der Waals surface area contributed by atoms with E-state index in [1.807, 2.05) is 7.05 Å². The first-order chi connectivity index (χ1) is 13.8. The summed E-state index contributed by atoms with van der Waals surface area (Å²) in [5, 5.41) is 15.7. The molecule has 7 nitrogen and oxygen atoms in total. The van der Waals surface area contributed by atoms with Crippen molar-refractivity contribution < 1.29 is 0 Å². The second-order valence-electron chi connectivity index (χ2n) is 8.40. The highest BCUT2D eigenvalue weighted by Gasteiger charge is 2.15. The lowest BCUT2D eigenvalue weighted by Gasteiger charge is -2.30. The van der Waals surface area contributed by atoms with E-state index in [1.54, 1.807) is 0 Å². The van der Waals surface area contributed by atoms with Gasteiger partial charge in [0, 0.05) is 39.5 Å². The third-order valence-corrected chi connectivity index (χ3v) is 6.10. The first kappa shape index (κ1) is 21.1. The van der Waals surface area contributed by atoms with Crippen LogP contribution in [-0.2, 0) is 19.4 Å². The van der Waals surface area contributed by atoms with Gasteiger partial charge in [0.15, 0.2) is 5.96 Å². The van der Waals surface area contributed by atoms with Gasteiger partial charge >= 0.3 is 0 Å². The van der Waals surface area contributed by atoms with Gasteiger partial charge < -0.3 is 20.1 Å². The number of guanidine groups is 1. The van der Waals surface area contributed by atoms with Crippen LogP contribution in [0.2, 0.25) is 0 Å². The predicted octanol–water partition coefficient (Wildman–Crippen LogP) is 2.22. The maximum atomic E-state index is 4.42. The number of rotatable bonds is 8. The number of aliphatic imine (C=N–C) groups is 1. The summed E-state index contributed by atoms with van der Waals surface area (Å²) >= 11 is 0. The topological polar surface area (TPSA) is 70.4 Å². The Morgan fingerprint density at radius 2 is 1.82 bits per heavy atom. The van der Waals surface area contributed by atoms with Crippen molar-refractivity contribution in [1.29, 1.82) is 0 Å². The lowest BCUT2D eigenvalue weighted by atomic mass is 9.99. The lowest BCUT2D eigenvalue weighted by molar-refractivity contribution is 0.191. The molecule has 3 heterocycles. The molecule has 1 saturated heterocycles. The van der Waals surface area contributed by atoms with Crippen molar-refractivity contribution in [2.45, 2.75) is 71.3 Å². The number of fused-ring (bicyclic) bond motifs is 1. The first-order valence-electron chi connectivity index (χ1n) is 11.3. The zero-order valence-corrected chi connectivity index (χ0v) is 17.9. The summed E-state index contributed by atoms with van der Waals surface area (Å²) < 4.78 is 2.35. The van der Waals surface area contributed by atoms with Gasteiger partial charge in [-0.25, -0.2) is 0 Å². The van der Waals surface area contributed by atoms with Crippen molar-refractivity contribution in [3.63, 3.8) is 0 Å². The zero-order chi connectivity index (χ0) is 19.6. The van der Waals surface area contributed by atoms with Gasteiger partial charge in [0.1, 0.15) is 11.6 Å². The Labute approximate surface area is 170 Å². The van der Waals surface area contributed by atoms with Crippen molar-refractivity contribution in [3.05, 3.63) is 11.6 Å². The number of likely N-dealkylation sites (tertiary alicyclic amines) is 1. The van der Waals surface area contributed by atoms with Gasteiger partial charge in [0.2, 0.25) is 0 Å². The maximum Gasteiger partial charge on any atom is 0.190 e. The van der Waals surface area contributed by atoms with Crippen molar-refractivity contribution in [2.24, 2.45) is 10.9 Å². The SMILES string of the molecule is CN=C(NCCCc1nnc2n1CCCCC2)NCCCN1CCC(C)CC1. The number of nitrogens with one attached hydrogen (secondary N) is 2. The third-order valence-electron chi connectivity index (χ3n) is 6.10. The quantitative estimate of drug-likeness (QED) is 0.405. The Kier molecular flexibility index (Phi) is 8.58. The highest BCUT2D eigenvalue weighted by molar-refractivity contribution is 5.79. The molecule has 28 heavy (non-hydrogen) atoms. The van der Waals surface area contributed by atoms with Crippen LogP contribution >= 0.6 is 0 Å². The summed E-state index contributed by atoms with van der Waals surface area (Å²) in [6.45, 7) is 9.06. The summed E-state index contributed by atoms with van der Waals surface area (Å²) in [5.41, 5.74) is 0. The summed E-state index contributed by atoms with van der Waals surface area (Å²) in [5.74, 6) is 4.15. The van der Waals surface area contributed by atoms with Crippen LogP contribution in [0.5, 0.6) is 0 Å². The smallest absolute Gasteiger partial charge is 0.190 e. The molecule has 1 fully saturated rings. The normalized spacial score (nSPS) is 19.3. The molecule has 1 aromatic heterocycles. The van der Waals surface area contributed by atoms with Gasteiger partial charge in [-0.1, -0.05) is 13.3 Å². The van der Waals surface area contributed by atoms with E-state index in [4.69, 9.17) is 0 Å². The van der Waals surface area contributed by atoms with Gasteiger partial charge in [0.25, 0.3) is 0 Å². The number of nitrogens with zero attached hydrogens (tertiary/aromatic N) is 5. The molecular formula is C21H39N7. The average molecular weight is 390 g/mol. The van der Waals surface area contributed by atoms with Crippen LogP contribution in [0.15, 0.2) is 4.99 Å². The standard InChI is InChI=1S/C21H39N7/c1-18-10-16-27(17-11-18)14-7-13-24-21(22-2)23-12-6-9-20-26-25-19-8-4-3-5-15-28(19)20/h18H,3-17H2,1-2H3,(H2,22,23,24). The molecule has 2 N–H and O–H groups in total. The molecule has 3 rings (SSSR count). The summed E-state index contributed by atoms with van der Waals surface area (Å²) in [7, 11) is 1.85. The predicted molar refractivity (Wildman–Crippen MR) is 115 cm³/mol. The van der Waals surface area contributed by atoms with Gasteiger partial charge in [-0.05, 0) is 64.1 Å². The van der Waals surface area contributed by atoms with Gasteiger partial charge in [0.05, 0.1) is 0 Å². The fourth-order valence-corrected chi connectivity index (χ4v) is 4.20. The molecule has 0 bridgehead atoms. The minimum Gasteiger partial charge on any atom is -0.356 e. The molecular weight excluding hydrogens is 350 g/mol. The Hall–Kier alpha value is -1.63. The van der Waals surface area contributed by atoms with E-state index in [1.165, 1.54) is 64.0 Å². The van der Waals surface area contributed by atoms with E-state index in [9.17, 15) is 0 Å². The van der Waals surface area contributed by atoms with Crippen molar-refractivity contribution in [3.8, 4) is 0 Å². The van der Waals surface area contributed by atoms with Gasteiger partial charge in [-0.2, -0.15) is 0 Å². The Morgan fingerprint density at radius 3 is 2.61 bits per heavy atom. The van der Waals surface area contributed by atoms with Crippen molar-refractivity contribution >= 4 is 5.96 Å². The molecule has 0 unspecified atom stereocenters. The lowest BCUT2D eigenvalue weighted by Crippen LogP contribution is -2.40. The molecule has 2 aliphatic rings. The van der Waals surface area contributed by atoms with Crippen LogP contribution < -0.4 is 10.6 Å². The minimum atomic E-state index is 0.908. The molecule has 0 saturated carbocycles. The molecule has 0 spiro atoms. The fraction of sp³-hybridized carbons (Fsp3) is 0.857. The molecule has 0 amide bonds. The number of piperidine rings is 1. The summed E-state index contributed by atoms with van der Waals surface area (Å²) in [6, 6.07) is 0. The van der Waals surface area contributed by atoms with E-state index in [0.717, 1.165) is 56.6 Å².